The van der Waals surface area contributed by atoms with Gasteiger partial charge in [0.2, 0.25) is 0 Å². The number of H-pyrrole nitrogens is 1. The van der Waals surface area contributed by atoms with E-state index in [1.165, 1.54) is 5.56 Å². The zero-order valence-corrected chi connectivity index (χ0v) is 9.38. The first-order chi connectivity index (χ1) is 7.83. The smallest absolute Gasteiger partial charge is 0.104 e. The van der Waals surface area contributed by atoms with Gasteiger partial charge in [0.25, 0.3) is 0 Å². The third kappa shape index (κ3) is 1.70. The number of benzene rings is 1. The monoisotopic (exact) mass is 216 g/mol. The van der Waals surface area contributed by atoms with Gasteiger partial charge in [-0.3, -0.25) is 0 Å². The zero-order valence-electron chi connectivity index (χ0n) is 9.38. The highest BCUT2D eigenvalue weighted by molar-refractivity contribution is 5.76. The minimum absolute atomic E-state index is 0.418. The second-order valence-corrected chi connectivity index (χ2v) is 4.31. The minimum Gasteiger partial charge on any atom is -0.342 e. The summed E-state index contributed by atoms with van der Waals surface area (Å²) in [5.74, 6) is 0.974. The normalized spacial score (nSPS) is 21.4. The second kappa shape index (κ2) is 3.88. The highest BCUT2D eigenvalue weighted by Gasteiger charge is 2.14. The van der Waals surface area contributed by atoms with Crippen LogP contribution in [0.2, 0.25) is 0 Å². The Balaban J connectivity index is 1.97. The van der Waals surface area contributed by atoms with Gasteiger partial charge in [0, 0.05) is 25.7 Å². The van der Waals surface area contributed by atoms with Gasteiger partial charge < -0.3 is 15.6 Å². The van der Waals surface area contributed by atoms with Crippen LogP contribution in [0.4, 0.5) is 0 Å². The molecule has 0 radical (unpaired) electrons. The van der Waals surface area contributed by atoms with Crippen LogP contribution in [0.5, 0.6) is 0 Å². The molecule has 0 aliphatic carbocycles. The van der Waals surface area contributed by atoms with Crippen LogP contribution in [0.15, 0.2) is 18.2 Å². The quantitative estimate of drug-likeness (QED) is 0.669. The number of hydrogen-bond acceptors (Lipinski definition) is 3. The van der Waals surface area contributed by atoms with Crippen molar-refractivity contribution in [2.45, 2.75) is 13.0 Å². The average Bonchev–Trinajstić information content (AvgIpc) is 2.69. The third-order valence-electron chi connectivity index (χ3n) is 3.07. The molecule has 1 aromatic heterocycles. The van der Waals surface area contributed by atoms with Crippen LogP contribution in [0, 0.1) is 6.92 Å². The van der Waals surface area contributed by atoms with Crippen molar-refractivity contribution >= 4 is 11.0 Å². The number of imidazole rings is 1. The zero-order chi connectivity index (χ0) is 11.0. The van der Waals surface area contributed by atoms with Crippen LogP contribution in [0.1, 0.15) is 17.4 Å². The van der Waals surface area contributed by atoms with E-state index in [0.717, 1.165) is 36.5 Å². The van der Waals surface area contributed by atoms with Crippen LogP contribution in [-0.2, 0) is 0 Å². The fraction of sp³-hybridized carbons (Fsp3) is 0.417. The minimum atomic E-state index is 0.418. The first-order valence-electron chi connectivity index (χ1n) is 5.73. The van der Waals surface area contributed by atoms with Crippen LogP contribution in [0.25, 0.3) is 11.0 Å². The van der Waals surface area contributed by atoms with E-state index in [4.69, 9.17) is 0 Å². The summed E-state index contributed by atoms with van der Waals surface area (Å²) in [7, 11) is 0. The molecule has 4 heteroatoms. The number of fused-ring (bicyclic) bond motifs is 1. The Morgan fingerprint density at radius 1 is 1.31 bits per heavy atom. The molecule has 3 rings (SSSR count). The summed E-state index contributed by atoms with van der Waals surface area (Å²) in [6.45, 7) is 5.07. The molecule has 4 nitrogen and oxygen atoms in total. The topological polar surface area (TPSA) is 52.7 Å². The third-order valence-corrected chi connectivity index (χ3v) is 3.07. The van der Waals surface area contributed by atoms with E-state index < -0.39 is 0 Å². The van der Waals surface area contributed by atoms with Gasteiger partial charge in [-0.2, -0.15) is 0 Å². The van der Waals surface area contributed by atoms with E-state index in [1.54, 1.807) is 0 Å². The number of hydrogen-bond donors (Lipinski definition) is 3. The standard InChI is InChI=1S/C12H16N4/c1-8-15-10-3-2-9(6-11(10)16-8)12-7-13-4-5-14-12/h2-3,6,12-14H,4-5,7H2,1H3,(H,15,16). The van der Waals surface area contributed by atoms with E-state index in [2.05, 4.69) is 38.8 Å². The van der Waals surface area contributed by atoms with Gasteiger partial charge >= 0.3 is 0 Å². The molecule has 1 fully saturated rings. The molecule has 0 amide bonds. The molecule has 1 unspecified atom stereocenters. The van der Waals surface area contributed by atoms with E-state index >= 15 is 0 Å². The SMILES string of the molecule is Cc1nc2ccc(C3CNCCN3)cc2[nH]1. The molecule has 16 heavy (non-hydrogen) atoms. The maximum atomic E-state index is 4.41. The molecular formula is C12H16N4. The van der Waals surface area contributed by atoms with Crippen LogP contribution >= 0.6 is 0 Å². The van der Waals surface area contributed by atoms with Crippen molar-refractivity contribution in [3.63, 3.8) is 0 Å². The van der Waals surface area contributed by atoms with E-state index in [9.17, 15) is 0 Å². The van der Waals surface area contributed by atoms with E-state index in [0.29, 0.717) is 6.04 Å². The summed E-state index contributed by atoms with van der Waals surface area (Å²) >= 11 is 0. The summed E-state index contributed by atoms with van der Waals surface area (Å²) < 4.78 is 0. The maximum absolute atomic E-state index is 4.41. The highest BCUT2D eigenvalue weighted by Crippen LogP contribution is 2.19. The molecule has 84 valence electrons. The fourth-order valence-electron chi connectivity index (χ4n) is 2.26. The van der Waals surface area contributed by atoms with Crippen molar-refractivity contribution in [2.24, 2.45) is 0 Å². The lowest BCUT2D eigenvalue weighted by molar-refractivity contribution is 0.430. The predicted molar refractivity (Wildman–Crippen MR) is 64.4 cm³/mol. The van der Waals surface area contributed by atoms with Crippen molar-refractivity contribution in [3.8, 4) is 0 Å². The van der Waals surface area contributed by atoms with Gasteiger partial charge in [0.1, 0.15) is 5.82 Å². The maximum Gasteiger partial charge on any atom is 0.104 e. The Kier molecular flexibility index (Phi) is 2.38. The largest absolute Gasteiger partial charge is 0.342 e. The molecule has 1 saturated heterocycles. The molecule has 1 atom stereocenters. The Bertz CT molecular complexity index is 497. The number of rotatable bonds is 1. The van der Waals surface area contributed by atoms with Gasteiger partial charge in [-0.25, -0.2) is 4.98 Å². The molecule has 2 aromatic rings. The van der Waals surface area contributed by atoms with Crippen molar-refractivity contribution in [1.29, 1.82) is 0 Å². The fourth-order valence-corrected chi connectivity index (χ4v) is 2.26. The van der Waals surface area contributed by atoms with Crippen molar-refractivity contribution in [3.05, 3.63) is 29.6 Å². The summed E-state index contributed by atoms with van der Waals surface area (Å²) in [6, 6.07) is 6.86. The number of aromatic nitrogens is 2. The summed E-state index contributed by atoms with van der Waals surface area (Å²) in [5, 5.41) is 6.91. The van der Waals surface area contributed by atoms with Gasteiger partial charge in [-0.1, -0.05) is 6.07 Å². The van der Waals surface area contributed by atoms with Gasteiger partial charge in [-0.15, -0.1) is 0 Å². The van der Waals surface area contributed by atoms with Crippen molar-refractivity contribution < 1.29 is 0 Å². The lowest BCUT2D eigenvalue weighted by Crippen LogP contribution is -2.42. The molecule has 1 aliphatic rings. The van der Waals surface area contributed by atoms with Crippen molar-refractivity contribution in [1.82, 2.24) is 20.6 Å². The lowest BCUT2D eigenvalue weighted by atomic mass is 10.0. The van der Waals surface area contributed by atoms with Gasteiger partial charge in [-0.05, 0) is 24.6 Å². The molecule has 1 aromatic carbocycles. The summed E-state index contributed by atoms with van der Waals surface area (Å²) in [4.78, 5) is 7.69. The molecule has 0 saturated carbocycles. The average molecular weight is 216 g/mol. The van der Waals surface area contributed by atoms with Gasteiger partial charge in [0.05, 0.1) is 11.0 Å². The molecule has 0 bridgehead atoms. The van der Waals surface area contributed by atoms with Gasteiger partial charge in [0.15, 0.2) is 0 Å². The predicted octanol–water partition coefficient (Wildman–Crippen LogP) is 1.11. The number of aryl methyl sites for hydroxylation is 1. The number of nitrogens with zero attached hydrogens (tertiary/aromatic N) is 1. The second-order valence-electron chi connectivity index (χ2n) is 4.31. The Hall–Kier alpha value is -1.39. The molecule has 0 spiro atoms. The lowest BCUT2D eigenvalue weighted by Gasteiger charge is -2.24. The molecular weight excluding hydrogens is 200 g/mol. The van der Waals surface area contributed by atoms with Crippen LogP contribution in [0.3, 0.4) is 0 Å². The summed E-state index contributed by atoms with van der Waals surface area (Å²) in [6.07, 6.45) is 0. The highest BCUT2D eigenvalue weighted by atomic mass is 15.1. The first-order valence-corrected chi connectivity index (χ1v) is 5.73. The van der Waals surface area contributed by atoms with E-state index in [1.807, 2.05) is 6.92 Å². The first kappa shape index (κ1) is 9.81. The Morgan fingerprint density at radius 2 is 2.25 bits per heavy atom. The van der Waals surface area contributed by atoms with Crippen LogP contribution in [-0.4, -0.2) is 29.6 Å². The molecule has 1 aliphatic heterocycles. The molecule has 2 heterocycles. The van der Waals surface area contributed by atoms with Crippen LogP contribution < -0.4 is 10.6 Å². The van der Waals surface area contributed by atoms with Crippen molar-refractivity contribution in [2.75, 3.05) is 19.6 Å². The Morgan fingerprint density at radius 3 is 3.06 bits per heavy atom. The number of nitrogens with one attached hydrogen (secondary N) is 3. The number of piperazine rings is 1. The summed E-state index contributed by atoms with van der Waals surface area (Å²) in [5.41, 5.74) is 3.50. The number of aromatic amines is 1. The Labute approximate surface area is 94.5 Å². The molecule has 3 N–H and O–H groups in total. The van der Waals surface area contributed by atoms with E-state index in [-0.39, 0.29) is 0 Å².